The van der Waals surface area contributed by atoms with Crippen molar-refractivity contribution in [3.8, 4) is 0 Å². The van der Waals surface area contributed by atoms with Crippen molar-refractivity contribution in [2.24, 2.45) is 0 Å². The van der Waals surface area contributed by atoms with E-state index < -0.39 is 47.3 Å². The Kier molecular flexibility index (Phi) is 8.26. The maximum absolute atomic E-state index is 11.4. The van der Waals surface area contributed by atoms with Gasteiger partial charge >= 0.3 is 28.2 Å². The van der Waals surface area contributed by atoms with E-state index in [-0.39, 0.29) is 19.4 Å². The fraction of sp³-hybridized carbons (Fsp3) is 0.667. The van der Waals surface area contributed by atoms with Crippen LogP contribution >= 0.6 is 0 Å². The highest BCUT2D eigenvalue weighted by Gasteiger charge is 2.22. The summed E-state index contributed by atoms with van der Waals surface area (Å²) in [5, 5.41) is 25.6. The third kappa shape index (κ3) is 10.5. The summed E-state index contributed by atoms with van der Waals surface area (Å²) in [6.07, 6.45) is -2.26. The fourth-order valence-electron chi connectivity index (χ4n) is 1.13. The maximum Gasteiger partial charge on any atom is 0.421 e. The SMILES string of the molecule is O=C(O)CCCOC(=O)NS(=O)(=O)NC(CO)CC(=O)O. The molecule has 0 heterocycles. The molecule has 5 N–H and O–H groups in total. The number of aliphatic hydroxyl groups excluding tert-OH is 1. The van der Waals surface area contributed by atoms with Gasteiger partial charge in [-0.25, -0.2) is 9.52 Å². The van der Waals surface area contributed by atoms with Crippen LogP contribution < -0.4 is 9.44 Å². The van der Waals surface area contributed by atoms with Crippen LogP contribution in [-0.4, -0.2) is 61.0 Å². The van der Waals surface area contributed by atoms with Gasteiger partial charge in [0, 0.05) is 6.42 Å². The van der Waals surface area contributed by atoms with E-state index in [9.17, 15) is 22.8 Å². The summed E-state index contributed by atoms with van der Waals surface area (Å²) in [4.78, 5) is 31.7. The van der Waals surface area contributed by atoms with Gasteiger partial charge < -0.3 is 20.1 Å². The summed E-state index contributed by atoms with van der Waals surface area (Å²) in [5.41, 5.74) is 0. The molecule has 0 spiro atoms. The zero-order valence-corrected chi connectivity index (χ0v) is 11.6. The molecule has 21 heavy (non-hydrogen) atoms. The van der Waals surface area contributed by atoms with E-state index in [1.54, 1.807) is 4.72 Å². The van der Waals surface area contributed by atoms with E-state index in [2.05, 4.69) is 4.74 Å². The van der Waals surface area contributed by atoms with E-state index in [0.717, 1.165) is 0 Å². The van der Waals surface area contributed by atoms with Gasteiger partial charge in [0.25, 0.3) is 0 Å². The number of aliphatic hydroxyl groups is 1. The van der Waals surface area contributed by atoms with Crippen molar-refractivity contribution in [3.63, 3.8) is 0 Å². The molecule has 0 aromatic heterocycles. The predicted octanol–water partition coefficient (Wildman–Crippen LogP) is -1.75. The average Bonchev–Trinajstić information content (AvgIpc) is 2.32. The molecule has 0 aliphatic carbocycles. The minimum Gasteiger partial charge on any atom is -0.481 e. The third-order valence-corrected chi connectivity index (χ3v) is 3.03. The number of carboxylic acid groups (broad SMARTS) is 2. The number of carbonyl (C=O) groups excluding carboxylic acids is 1. The first-order valence-corrected chi connectivity index (χ1v) is 7.16. The van der Waals surface area contributed by atoms with Gasteiger partial charge in [-0.05, 0) is 6.42 Å². The molecule has 0 saturated carbocycles. The van der Waals surface area contributed by atoms with Crippen LogP contribution in [0, 0.1) is 0 Å². The number of carboxylic acids is 2. The number of amides is 1. The van der Waals surface area contributed by atoms with Crippen molar-refractivity contribution >= 4 is 28.2 Å². The average molecular weight is 328 g/mol. The third-order valence-electron chi connectivity index (χ3n) is 1.95. The molecule has 122 valence electrons. The summed E-state index contributed by atoms with van der Waals surface area (Å²) in [7, 11) is -4.41. The summed E-state index contributed by atoms with van der Waals surface area (Å²) in [5.74, 6) is -2.43. The maximum atomic E-state index is 11.4. The normalized spacial score (nSPS) is 12.4. The summed E-state index contributed by atoms with van der Waals surface area (Å²) in [6, 6.07) is -1.31. The van der Waals surface area contributed by atoms with Gasteiger partial charge in [-0.3, -0.25) is 9.59 Å². The number of carbonyl (C=O) groups is 3. The van der Waals surface area contributed by atoms with Gasteiger partial charge in [-0.2, -0.15) is 13.1 Å². The number of hydrogen-bond donors (Lipinski definition) is 5. The molecule has 11 nitrogen and oxygen atoms in total. The first-order valence-electron chi connectivity index (χ1n) is 5.67. The molecule has 1 unspecified atom stereocenters. The molecule has 12 heteroatoms. The van der Waals surface area contributed by atoms with Crippen molar-refractivity contribution < 1.29 is 42.9 Å². The Morgan fingerprint density at radius 2 is 1.76 bits per heavy atom. The zero-order valence-electron chi connectivity index (χ0n) is 10.8. The van der Waals surface area contributed by atoms with Crippen LogP contribution in [0.15, 0.2) is 0 Å². The first-order chi connectivity index (χ1) is 9.66. The standard InChI is InChI=1S/C9H16N2O9S/c12-5-6(4-8(15)16)10-21(18,19)11-9(17)20-3-1-2-7(13)14/h6,10,12H,1-5H2,(H,11,17)(H,13,14)(H,15,16). The molecular weight excluding hydrogens is 312 g/mol. The molecule has 1 atom stereocenters. The van der Waals surface area contributed by atoms with Gasteiger partial charge in [0.05, 0.1) is 25.7 Å². The highest BCUT2D eigenvalue weighted by atomic mass is 32.2. The lowest BCUT2D eigenvalue weighted by molar-refractivity contribution is -0.138. The van der Waals surface area contributed by atoms with Crippen LogP contribution in [0.5, 0.6) is 0 Å². The Hall–Kier alpha value is -1.92. The lowest BCUT2D eigenvalue weighted by Gasteiger charge is -2.14. The summed E-state index contributed by atoms with van der Waals surface area (Å²) < 4.78 is 30.4. The summed E-state index contributed by atoms with van der Waals surface area (Å²) >= 11 is 0. The number of rotatable bonds is 10. The molecule has 0 aromatic rings. The summed E-state index contributed by atoms with van der Waals surface area (Å²) in [6.45, 7) is -1.08. The smallest absolute Gasteiger partial charge is 0.421 e. The van der Waals surface area contributed by atoms with Crippen molar-refractivity contribution in [2.75, 3.05) is 13.2 Å². The second-order valence-corrected chi connectivity index (χ2v) is 5.28. The highest BCUT2D eigenvalue weighted by molar-refractivity contribution is 7.88. The molecule has 1 amide bonds. The quantitative estimate of drug-likeness (QED) is 0.290. The van der Waals surface area contributed by atoms with Gasteiger partial charge in [-0.15, -0.1) is 0 Å². The Labute approximate surface area is 120 Å². The molecule has 0 aromatic carbocycles. The molecule has 0 bridgehead atoms. The largest absolute Gasteiger partial charge is 0.481 e. The Morgan fingerprint density at radius 3 is 2.24 bits per heavy atom. The topological polar surface area (TPSA) is 179 Å². The highest BCUT2D eigenvalue weighted by Crippen LogP contribution is 1.95. The second-order valence-electron chi connectivity index (χ2n) is 3.83. The van der Waals surface area contributed by atoms with Crippen LogP contribution in [-0.2, 0) is 24.5 Å². The van der Waals surface area contributed by atoms with Gasteiger partial charge in [0.1, 0.15) is 0 Å². The Bertz CT molecular complexity index is 476. The minimum absolute atomic E-state index is 0.00844. The van der Waals surface area contributed by atoms with E-state index in [1.165, 1.54) is 4.72 Å². The lowest BCUT2D eigenvalue weighted by atomic mass is 10.2. The second kappa shape index (κ2) is 9.10. The van der Waals surface area contributed by atoms with Crippen molar-refractivity contribution in [1.82, 2.24) is 9.44 Å². The molecule has 0 radical (unpaired) electrons. The van der Waals surface area contributed by atoms with Gasteiger partial charge in [0.2, 0.25) is 0 Å². The predicted molar refractivity (Wildman–Crippen MR) is 66.5 cm³/mol. The van der Waals surface area contributed by atoms with E-state index in [4.69, 9.17) is 15.3 Å². The molecule has 0 saturated heterocycles. The molecule has 0 aliphatic rings. The molecule has 0 rings (SSSR count). The lowest BCUT2D eigenvalue weighted by Crippen LogP contribution is -2.47. The number of nitrogens with one attached hydrogen (secondary N) is 2. The minimum atomic E-state index is -4.41. The number of ether oxygens (including phenoxy) is 1. The van der Waals surface area contributed by atoms with Crippen molar-refractivity contribution in [1.29, 1.82) is 0 Å². The Balaban J connectivity index is 4.23. The van der Waals surface area contributed by atoms with Crippen LogP contribution in [0.25, 0.3) is 0 Å². The monoisotopic (exact) mass is 328 g/mol. The van der Waals surface area contributed by atoms with Crippen LogP contribution in [0.4, 0.5) is 4.79 Å². The van der Waals surface area contributed by atoms with Crippen molar-refractivity contribution in [3.05, 3.63) is 0 Å². The number of aliphatic carboxylic acids is 2. The van der Waals surface area contributed by atoms with Crippen molar-refractivity contribution in [2.45, 2.75) is 25.3 Å². The number of hydrogen-bond acceptors (Lipinski definition) is 7. The molecule has 0 fully saturated rings. The van der Waals surface area contributed by atoms with Crippen LogP contribution in [0.1, 0.15) is 19.3 Å². The van der Waals surface area contributed by atoms with E-state index >= 15 is 0 Å². The van der Waals surface area contributed by atoms with Gasteiger partial charge in [0.15, 0.2) is 0 Å². The molecular formula is C9H16N2O9S. The fourth-order valence-corrected chi connectivity index (χ4v) is 2.06. The van der Waals surface area contributed by atoms with E-state index in [0.29, 0.717) is 0 Å². The van der Waals surface area contributed by atoms with Crippen LogP contribution in [0.2, 0.25) is 0 Å². The van der Waals surface area contributed by atoms with E-state index in [1.807, 2.05) is 0 Å². The Morgan fingerprint density at radius 1 is 1.14 bits per heavy atom. The molecule has 0 aliphatic heterocycles. The zero-order chi connectivity index (χ0) is 16.5. The van der Waals surface area contributed by atoms with Crippen LogP contribution in [0.3, 0.4) is 0 Å². The first kappa shape index (κ1) is 19.1. The van der Waals surface area contributed by atoms with Gasteiger partial charge in [-0.1, -0.05) is 0 Å².